The van der Waals surface area contributed by atoms with Gasteiger partial charge in [0.15, 0.2) is 5.11 Å². The first-order valence-corrected chi connectivity index (χ1v) is 10.3. The number of hydrogen-bond donors (Lipinski definition) is 3. The van der Waals surface area contributed by atoms with Crippen molar-refractivity contribution in [1.82, 2.24) is 5.32 Å². The van der Waals surface area contributed by atoms with Gasteiger partial charge < -0.3 is 15.4 Å². The Morgan fingerprint density at radius 2 is 1.93 bits per heavy atom. The normalized spacial score (nSPS) is 10.1. The maximum atomic E-state index is 12.3. The zero-order chi connectivity index (χ0) is 20.5. The number of ether oxygens (including phenoxy) is 1. The Balaban J connectivity index is 2.00. The van der Waals surface area contributed by atoms with Gasteiger partial charge in [0.05, 0.1) is 12.8 Å². The number of hydrogen-bond acceptors (Lipinski definition) is 4. The third kappa shape index (κ3) is 6.75. The number of carbonyl (C=O) groups excluding carboxylic acids is 2. The average molecular weight is 511 g/mol. The molecule has 2 rings (SSSR count). The number of halogens is 1. The molecule has 8 heteroatoms. The summed E-state index contributed by atoms with van der Waals surface area (Å²) in [6.07, 6.45) is 2.26. The summed E-state index contributed by atoms with van der Waals surface area (Å²) in [7, 11) is 1.53. The van der Waals surface area contributed by atoms with Gasteiger partial charge in [-0.15, -0.1) is 0 Å². The van der Waals surface area contributed by atoms with E-state index in [-0.39, 0.29) is 16.9 Å². The number of thiocarbonyl (C=S) groups is 1. The van der Waals surface area contributed by atoms with Crippen molar-refractivity contribution >= 4 is 63.1 Å². The highest BCUT2D eigenvalue weighted by Gasteiger charge is 2.11. The van der Waals surface area contributed by atoms with Crippen molar-refractivity contribution in [3.8, 4) is 5.75 Å². The first-order valence-electron chi connectivity index (χ1n) is 8.78. The Bertz CT molecular complexity index is 874. The molecule has 0 heterocycles. The largest absolute Gasteiger partial charge is 0.494 e. The summed E-state index contributed by atoms with van der Waals surface area (Å²) in [5.41, 5.74) is 1.75. The zero-order valence-corrected chi connectivity index (χ0v) is 18.6. The maximum absolute atomic E-state index is 12.3. The first kappa shape index (κ1) is 22.1. The second kappa shape index (κ2) is 11.0. The highest BCUT2D eigenvalue weighted by molar-refractivity contribution is 14.1. The molecule has 2 aromatic rings. The third-order valence-electron chi connectivity index (χ3n) is 3.80. The van der Waals surface area contributed by atoms with Crippen molar-refractivity contribution in [3.05, 3.63) is 51.6 Å². The third-order valence-corrected chi connectivity index (χ3v) is 4.68. The highest BCUT2D eigenvalue weighted by atomic mass is 127. The van der Waals surface area contributed by atoms with E-state index >= 15 is 0 Å². The molecule has 148 valence electrons. The summed E-state index contributed by atoms with van der Waals surface area (Å²) in [6.45, 7) is 2.04. The van der Waals surface area contributed by atoms with Gasteiger partial charge in [0.1, 0.15) is 5.75 Å². The number of rotatable bonds is 7. The van der Waals surface area contributed by atoms with E-state index in [2.05, 4.69) is 38.5 Å². The number of amides is 2. The number of carbonyl (C=O) groups is 2. The Morgan fingerprint density at radius 3 is 2.61 bits per heavy atom. The van der Waals surface area contributed by atoms with Gasteiger partial charge in [-0.25, -0.2) is 0 Å². The molecule has 0 aliphatic heterocycles. The minimum Gasteiger partial charge on any atom is -0.494 e. The fraction of sp³-hybridized carbons (Fsp3) is 0.250. The van der Waals surface area contributed by atoms with Crippen LogP contribution in [0.2, 0.25) is 0 Å². The quantitative estimate of drug-likeness (QED) is 0.376. The smallest absolute Gasteiger partial charge is 0.257 e. The van der Waals surface area contributed by atoms with Gasteiger partial charge in [0, 0.05) is 27.3 Å². The van der Waals surface area contributed by atoms with Crippen LogP contribution in [0.5, 0.6) is 5.75 Å². The lowest BCUT2D eigenvalue weighted by Gasteiger charge is -2.14. The zero-order valence-electron chi connectivity index (χ0n) is 15.7. The Morgan fingerprint density at radius 1 is 1.14 bits per heavy atom. The van der Waals surface area contributed by atoms with Crippen molar-refractivity contribution in [1.29, 1.82) is 0 Å². The van der Waals surface area contributed by atoms with Crippen LogP contribution in [0.1, 0.15) is 36.5 Å². The van der Waals surface area contributed by atoms with E-state index in [0.717, 1.165) is 16.4 Å². The molecule has 0 aliphatic rings. The second-order valence-corrected chi connectivity index (χ2v) is 7.64. The predicted molar refractivity (Wildman–Crippen MR) is 124 cm³/mol. The van der Waals surface area contributed by atoms with E-state index in [4.69, 9.17) is 17.0 Å². The van der Waals surface area contributed by atoms with Crippen LogP contribution in [0.25, 0.3) is 0 Å². The minimum atomic E-state index is -0.289. The Hall–Kier alpha value is -2.20. The van der Waals surface area contributed by atoms with Gasteiger partial charge in [0.25, 0.3) is 5.91 Å². The molecule has 6 nitrogen and oxygen atoms in total. The molecule has 0 saturated heterocycles. The lowest BCUT2D eigenvalue weighted by Crippen LogP contribution is -2.34. The summed E-state index contributed by atoms with van der Waals surface area (Å²) < 4.78 is 6.31. The molecule has 0 fully saturated rings. The van der Waals surface area contributed by atoms with E-state index in [1.807, 2.05) is 19.1 Å². The summed E-state index contributed by atoms with van der Waals surface area (Å²) in [6, 6.07) is 12.4. The molecule has 0 unspecified atom stereocenters. The van der Waals surface area contributed by atoms with Crippen LogP contribution in [0, 0.1) is 3.57 Å². The second-order valence-electron chi connectivity index (χ2n) is 5.99. The summed E-state index contributed by atoms with van der Waals surface area (Å²) in [5, 5.41) is 8.61. The SMILES string of the molecule is CCCCC(=O)Nc1ccc(NC(=S)NC(=O)c2cccc(I)c2)cc1OC. The Labute approximate surface area is 183 Å². The molecular formula is C20H22IN3O3S. The topological polar surface area (TPSA) is 79.5 Å². The summed E-state index contributed by atoms with van der Waals surface area (Å²) >= 11 is 7.36. The molecule has 0 bridgehead atoms. The number of anilines is 2. The van der Waals surface area contributed by atoms with Gasteiger partial charge in [-0.2, -0.15) is 0 Å². The molecule has 28 heavy (non-hydrogen) atoms. The van der Waals surface area contributed by atoms with Crippen LogP contribution in [0.15, 0.2) is 42.5 Å². The van der Waals surface area contributed by atoms with Crippen LogP contribution < -0.4 is 20.7 Å². The van der Waals surface area contributed by atoms with Crippen molar-refractivity contribution in [2.75, 3.05) is 17.7 Å². The van der Waals surface area contributed by atoms with Crippen molar-refractivity contribution in [3.63, 3.8) is 0 Å². The lowest BCUT2D eigenvalue weighted by molar-refractivity contribution is -0.116. The molecule has 0 radical (unpaired) electrons. The standard InChI is InChI=1S/C20H22IN3O3S/c1-3-4-8-18(25)23-16-10-9-15(12-17(16)27-2)22-20(28)24-19(26)13-6-5-7-14(21)11-13/h5-7,9-12H,3-4,8H2,1-2H3,(H,23,25)(H2,22,24,26,28). The van der Waals surface area contributed by atoms with Gasteiger partial charge in [-0.1, -0.05) is 19.4 Å². The molecule has 0 aromatic heterocycles. The van der Waals surface area contributed by atoms with Gasteiger partial charge in [-0.3, -0.25) is 14.9 Å². The molecule has 2 amide bonds. The lowest BCUT2D eigenvalue weighted by atomic mass is 10.2. The maximum Gasteiger partial charge on any atom is 0.257 e. The summed E-state index contributed by atoms with van der Waals surface area (Å²) in [5.74, 6) is 0.158. The molecular weight excluding hydrogens is 489 g/mol. The molecule has 0 aliphatic carbocycles. The van der Waals surface area contributed by atoms with E-state index in [0.29, 0.717) is 29.1 Å². The number of methoxy groups -OCH3 is 1. The van der Waals surface area contributed by atoms with Gasteiger partial charge in [-0.05, 0) is 71.6 Å². The molecule has 0 spiro atoms. The van der Waals surface area contributed by atoms with E-state index in [1.54, 1.807) is 30.3 Å². The number of unbranched alkanes of at least 4 members (excludes halogenated alkanes) is 1. The van der Waals surface area contributed by atoms with Gasteiger partial charge >= 0.3 is 0 Å². The summed E-state index contributed by atoms with van der Waals surface area (Å²) in [4.78, 5) is 24.2. The van der Waals surface area contributed by atoms with E-state index in [1.165, 1.54) is 7.11 Å². The van der Waals surface area contributed by atoms with Gasteiger partial charge in [0.2, 0.25) is 5.91 Å². The van der Waals surface area contributed by atoms with Crippen LogP contribution in [-0.2, 0) is 4.79 Å². The van der Waals surface area contributed by atoms with E-state index < -0.39 is 0 Å². The molecule has 0 saturated carbocycles. The number of nitrogens with one attached hydrogen (secondary N) is 3. The Kier molecular flexibility index (Phi) is 8.65. The fourth-order valence-electron chi connectivity index (χ4n) is 2.39. The first-order chi connectivity index (χ1) is 13.4. The fourth-order valence-corrected chi connectivity index (χ4v) is 3.14. The molecule has 3 N–H and O–H groups in total. The molecule has 2 aromatic carbocycles. The monoisotopic (exact) mass is 511 g/mol. The minimum absolute atomic E-state index is 0.0545. The van der Waals surface area contributed by atoms with Crippen LogP contribution in [0.4, 0.5) is 11.4 Å². The molecule has 0 atom stereocenters. The van der Waals surface area contributed by atoms with Crippen molar-refractivity contribution in [2.45, 2.75) is 26.2 Å². The van der Waals surface area contributed by atoms with Crippen molar-refractivity contribution in [2.24, 2.45) is 0 Å². The number of benzene rings is 2. The van der Waals surface area contributed by atoms with E-state index in [9.17, 15) is 9.59 Å². The average Bonchev–Trinajstić information content (AvgIpc) is 2.67. The van der Waals surface area contributed by atoms with Crippen molar-refractivity contribution < 1.29 is 14.3 Å². The highest BCUT2D eigenvalue weighted by Crippen LogP contribution is 2.28. The predicted octanol–water partition coefficient (Wildman–Crippen LogP) is 4.56. The van der Waals surface area contributed by atoms with Crippen LogP contribution >= 0.6 is 34.8 Å². The van der Waals surface area contributed by atoms with Crippen LogP contribution in [-0.4, -0.2) is 24.0 Å². The van der Waals surface area contributed by atoms with Crippen LogP contribution in [0.3, 0.4) is 0 Å².